The maximum atomic E-state index is 12.4. The minimum Gasteiger partial charge on any atom is -0.323 e. The molecular formula is C25H27ClN4O3S. The van der Waals surface area contributed by atoms with Crippen LogP contribution in [0.25, 0.3) is 6.08 Å². The molecule has 0 aliphatic heterocycles. The van der Waals surface area contributed by atoms with E-state index in [1.54, 1.807) is 35.0 Å². The zero-order valence-electron chi connectivity index (χ0n) is 19.1. The molecule has 1 aromatic heterocycles. The van der Waals surface area contributed by atoms with Gasteiger partial charge >= 0.3 is 0 Å². The third-order valence-electron chi connectivity index (χ3n) is 4.99. The van der Waals surface area contributed by atoms with E-state index in [1.807, 2.05) is 38.1 Å². The van der Waals surface area contributed by atoms with Gasteiger partial charge < -0.3 is 5.32 Å². The molecule has 3 rings (SSSR count). The summed E-state index contributed by atoms with van der Waals surface area (Å²) in [6, 6.07) is 14.8. The standard InChI is InChI=1S/C25H27ClN4O3S/c1-4-15-27-34(32,33)17-21-9-11-22(12-10-21)28-24(31)14-13-23-19(3)29-30(25(23)26)16-20-7-5-18(2)6-8-20/h4-14,27H,1,15-17H2,2-3H3,(H,28,31)/b14-13+. The monoisotopic (exact) mass is 498 g/mol. The fourth-order valence-corrected chi connectivity index (χ4v) is 4.61. The Morgan fingerprint density at radius 2 is 1.74 bits per heavy atom. The molecule has 3 aromatic rings. The third-order valence-corrected chi connectivity index (χ3v) is 6.71. The Hall–Kier alpha value is -3.20. The molecule has 0 fully saturated rings. The molecule has 1 heterocycles. The van der Waals surface area contributed by atoms with Gasteiger partial charge in [-0.2, -0.15) is 5.10 Å². The lowest BCUT2D eigenvalue weighted by Crippen LogP contribution is -2.25. The number of hydrogen-bond donors (Lipinski definition) is 2. The van der Waals surface area contributed by atoms with E-state index in [0.29, 0.717) is 28.5 Å². The van der Waals surface area contributed by atoms with Gasteiger partial charge in [0.1, 0.15) is 5.15 Å². The molecule has 0 aliphatic rings. The van der Waals surface area contributed by atoms with Crippen LogP contribution in [-0.2, 0) is 27.1 Å². The summed E-state index contributed by atoms with van der Waals surface area (Å²) in [6.45, 7) is 8.07. The second-order valence-electron chi connectivity index (χ2n) is 7.85. The van der Waals surface area contributed by atoms with Gasteiger partial charge in [-0.3, -0.25) is 4.79 Å². The predicted octanol–water partition coefficient (Wildman–Crippen LogP) is 4.46. The highest BCUT2D eigenvalue weighted by Gasteiger charge is 2.13. The number of nitrogens with zero attached hydrogens (tertiary/aromatic N) is 2. The summed E-state index contributed by atoms with van der Waals surface area (Å²) < 4.78 is 28.0. The van der Waals surface area contributed by atoms with Gasteiger partial charge in [-0.05, 0) is 43.2 Å². The highest BCUT2D eigenvalue weighted by atomic mass is 35.5. The van der Waals surface area contributed by atoms with E-state index in [4.69, 9.17) is 11.6 Å². The molecule has 0 bridgehead atoms. The Labute approximate surface area is 205 Å². The van der Waals surface area contributed by atoms with Crippen LogP contribution in [0, 0.1) is 13.8 Å². The first-order chi connectivity index (χ1) is 16.2. The van der Waals surface area contributed by atoms with Gasteiger partial charge in [0, 0.05) is 23.9 Å². The van der Waals surface area contributed by atoms with E-state index >= 15 is 0 Å². The van der Waals surface area contributed by atoms with Gasteiger partial charge in [0.05, 0.1) is 18.0 Å². The van der Waals surface area contributed by atoms with E-state index in [0.717, 1.165) is 11.3 Å². The quantitative estimate of drug-likeness (QED) is 0.319. The van der Waals surface area contributed by atoms with Crippen LogP contribution in [0.2, 0.25) is 5.15 Å². The maximum absolute atomic E-state index is 12.4. The number of aromatic nitrogens is 2. The number of benzene rings is 2. The van der Waals surface area contributed by atoms with Crippen molar-refractivity contribution < 1.29 is 13.2 Å². The summed E-state index contributed by atoms with van der Waals surface area (Å²) in [4.78, 5) is 12.4. The highest BCUT2D eigenvalue weighted by Crippen LogP contribution is 2.22. The fourth-order valence-electron chi connectivity index (χ4n) is 3.21. The Kier molecular flexibility index (Phi) is 8.44. The predicted molar refractivity (Wildman–Crippen MR) is 137 cm³/mol. The van der Waals surface area contributed by atoms with Crippen LogP contribution in [0.1, 0.15) is 27.9 Å². The summed E-state index contributed by atoms with van der Waals surface area (Å²) >= 11 is 6.51. The molecular weight excluding hydrogens is 472 g/mol. The number of carbonyl (C=O) groups is 1. The molecule has 2 aromatic carbocycles. The number of rotatable bonds is 10. The number of hydrogen-bond acceptors (Lipinski definition) is 4. The average Bonchev–Trinajstić information content (AvgIpc) is 3.06. The van der Waals surface area contributed by atoms with E-state index in [2.05, 4.69) is 21.7 Å². The minimum absolute atomic E-state index is 0.153. The zero-order chi connectivity index (χ0) is 24.7. The molecule has 0 saturated heterocycles. The number of sulfonamides is 1. The van der Waals surface area contributed by atoms with Gasteiger partial charge in [0.25, 0.3) is 0 Å². The van der Waals surface area contributed by atoms with Crippen molar-refractivity contribution in [1.82, 2.24) is 14.5 Å². The summed E-state index contributed by atoms with van der Waals surface area (Å²) in [5.41, 5.74) is 4.81. The van der Waals surface area contributed by atoms with Crippen molar-refractivity contribution >= 4 is 39.3 Å². The smallest absolute Gasteiger partial charge is 0.248 e. The van der Waals surface area contributed by atoms with E-state index in [1.165, 1.54) is 17.7 Å². The van der Waals surface area contributed by atoms with Gasteiger partial charge in [0.15, 0.2) is 0 Å². The Balaban J connectivity index is 1.62. The van der Waals surface area contributed by atoms with Crippen molar-refractivity contribution in [2.45, 2.75) is 26.1 Å². The lowest BCUT2D eigenvalue weighted by molar-refractivity contribution is -0.111. The Morgan fingerprint density at radius 3 is 2.38 bits per heavy atom. The van der Waals surface area contributed by atoms with E-state index in [-0.39, 0.29) is 18.2 Å². The summed E-state index contributed by atoms with van der Waals surface area (Å²) in [5.74, 6) is -0.492. The van der Waals surface area contributed by atoms with Crippen LogP contribution in [0.5, 0.6) is 0 Å². The molecule has 0 radical (unpaired) electrons. The van der Waals surface area contributed by atoms with Crippen LogP contribution >= 0.6 is 11.6 Å². The van der Waals surface area contributed by atoms with Gasteiger partial charge in [-0.15, -0.1) is 6.58 Å². The van der Waals surface area contributed by atoms with Crippen molar-refractivity contribution in [3.63, 3.8) is 0 Å². The van der Waals surface area contributed by atoms with Crippen molar-refractivity contribution in [2.24, 2.45) is 0 Å². The molecule has 178 valence electrons. The molecule has 34 heavy (non-hydrogen) atoms. The van der Waals surface area contributed by atoms with Crippen molar-refractivity contribution in [1.29, 1.82) is 0 Å². The van der Waals surface area contributed by atoms with Gasteiger partial charge in [0.2, 0.25) is 15.9 Å². The molecule has 7 nitrogen and oxygen atoms in total. The molecule has 0 unspecified atom stereocenters. The lowest BCUT2D eigenvalue weighted by atomic mass is 10.1. The first kappa shape index (κ1) is 25.4. The molecule has 2 N–H and O–H groups in total. The number of aryl methyl sites for hydroxylation is 2. The number of amides is 1. The summed E-state index contributed by atoms with van der Waals surface area (Å²) in [5, 5.41) is 7.70. The van der Waals surface area contributed by atoms with Gasteiger partial charge in [-0.25, -0.2) is 17.8 Å². The van der Waals surface area contributed by atoms with E-state index in [9.17, 15) is 13.2 Å². The van der Waals surface area contributed by atoms with Crippen molar-refractivity contribution in [3.05, 3.63) is 100 Å². The number of anilines is 1. The van der Waals surface area contributed by atoms with Gasteiger partial charge in [-0.1, -0.05) is 59.6 Å². The molecule has 0 atom stereocenters. The number of nitrogens with one attached hydrogen (secondary N) is 2. The maximum Gasteiger partial charge on any atom is 0.248 e. The highest BCUT2D eigenvalue weighted by molar-refractivity contribution is 7.88. The van der Waals surface area contributed by atoms with Crippen LogP contribution in [-0.4, -0.2) is 30.7 Å². The third kappa shape index (κ3) is 7.15. The first-order valence-electron chi connectivity index (χ1n) is 10.6. The fraction of sp³-hybridized carbons (Fsp3) is 0.200. The first-order valence-corrected chi connectivity index (χ1v) is 12.6. The van der Waals surface area contributed by atoms with Crippen LogP contribution in [0.4, 0.5) is 5.69 Å². The SMILES string of the molecule is C=CCNS(=O)(=O)Cc1ccc(NC(=O)/C=C/c2c(C)nn(Cc3ccc(C)cc3)c2Cl)cc1. The molecule has 9 heteroatoms. The number of carbonyl (C=O) groups excluding carboxylic acids is 1. The molecule has 0 spiro atoms. The second kappa shape index (κ2) is 11.3. The summed E-state index contributed by atoms with van der Waals surface area (Å²) in [6.07, 6.45) is 4.51. The van der Waals surface area contributed by atoms with Crippen molar-refractivity contribution in [2.75, 3.05) is 11.9 Å². The normalized spacial score (nSPS) is 11.6. The largest absolute Gasteiger partial charge is 0.323 e. The Morgan fingerprint density at radius 1 is 1.09 bits per heavy atom. The molecule has 1 amide bonds. The molecule has 0 saturated carbocycles. The van der Waals surface area contributed by atoms with Crippen LogP contribution < -0.4 is 10.0 Å². The summed E-state index contributed by atoms with van der Waals surface area (Å²) in [7, 11) is -3.44. The Bertz CT molecular complexity index is 1300. The zero-order valence-corrected chi connectivity index (χ0v) is 20.7. The molecule has 0 aliphatic carbocycles. The lowest BCUT2D eigenvalue weighted by Gasteiger charge is -2.06. The van der Waals surface area contributed by atoms with Crippen molar-refractivity contribution in [3.8, 4) is 0 Å². The van der Waals surface area contributed by atoms with E-state index < -0.39 is 10.0 Å². The van der Waals surface area contributed by atoms with Crippen LogP contribution in [0.3, 0.4) is 0 Å². The average molecular weight is 499 g/mol. The van der Waals surface area contributed by atoms with Crippen LogP contribution in [0.15, 0.2) is 67.3 Å². The number of halogens is 1. The topological polar surface area (TPSA) is 93.1 Å². The second-order valence-corrected chi connectivity index (χ2v) is 10.0. The minimum atomic E-state index is -3.44.